The fourth-order valence-electron chi connectivity index (χ4n) is 2.93. The van der Waals surface area contributed by atoms with Gasteiger partial charge in [-0.25, -0.2) is 4.79 Å². The largest absolute Gasteiger partial charge is 0.444 e. The number of amides is 1. The first-order valence-corrected chi connectivity index (χ1v) is 7.48. The van der Waals surface area contributed by atoms with Crippen LogP contribution >= 0.6 is 0 Å². The molecule has 2 aliphatic rings. The summed E-state index contributed by atoms with van der Waals surface area (Å²) in [5.41, 5.74) is -0.406. The molecular weight excluding hydrogens is 242 g/mol. The fraction of sp³-hybridized carbons (Fsp3) is 0.933. The molecule has 4 heteroatoms. The molecule has 0 bridgehead atoms. The molecule has 0 aromatic rings. The first-order chi connectivity index (χ1) is 8.89. The minimum absolute atomic E-state index is 0.175. The Kier molecular flexibility index (Phi) is 4.39. The molecule has 2 rings (SSSR count). The molecule has 1 amide bonds. The average molecular weight is 269 g/mol. The van der Waals surface area contributed by atoms with Crippen LogP contribution in [0, 0.1) is 17.8 Å². The molecule has 0 spiro atoms. The molecule has 4 nitrogen and oxygen atoms in total. The Hall–Kier alpha value is -0.770. The molecule has 0 unspecified atom stereocenters. The first-order valence-electron chi connectivity index (χ1n) is 7.48. The number of hydrogen-bond donors (Lipinski definition) is 1. The van der Waals surface area contributed by atoms with E-state index in [0.29, 0.717) is 12.5 Å². The summed E-state index contributed by atoms with van der Waals surface area (Å²) in [7, 11) is 0. The lowest BCUT2D eigenvalue weighted by Crippen LogP contribution is -2.41. The van der Waals surface area contributed by atoms with Gasteiger partial charge in [0, 0.05) is 19.7 Å². The van der Waals surface area contributed by atoms with E-state index in [1.54, 1.807) is 0 Å². The summed E-state index contributed by atoms with van der Waals surface area (Å²) in [6, 6.07) is 0. The summed E-state index contributed by atoms with van der Waals surface area (Å²) in [4.78, 5) is 13.8. The molecule has 0 radical (unpaired) electrons. The third-order valence-corrected chi connectivity index (χ3v) is 4.21. The van der Waals surface area contributed by atoms with Crippen molar-refractivity contribution in [2.75, 3.05) is 19.7 Å². The minimum atomic E-state index is -0.406. The summed E-state index contributed by atoms with van der Waals surface area (Å²) < 4.78 is 5.39. The van der Waals surface area contributed by atoms with Gasteiger partial charge < -0.3 is 14.7 Å². The van der Waals surface area contributed by atoms with Crippen molar-refractivity contribution in [2.45, 2.75) is 52.1 Å². The Balaban J connectivity index is 1.69. The zero-order valence-electron chi connectivity index (χ0n) is 12.4. The highest BCUT2D eigenvalue weighted by Crippen LogP contribution is 2.44. The number of rotatable bonds is 3. The number of aliphatic hydroxyl groups excluding tert-OH is 1. The molecule has 1 aliphatic carbocycles. The van der Waals surface area contributed by atoms with Crippen molar-refractivity contribution in [3.05, 3.63) is 0 Å². The van der Waals surface area contributed by atoms with Gasteiger partial charge in [0.15, 0.2) is 0 Å². The molecule has 1 N–H and O–H groups in total. The number of carbonyl (C=O) groups excluding carboxylic acids is 1. The zero-order chi connectivity index (χ0) is 14.0. The van der Waals surface area contributed by atoms with E-state index >= 15 is 0 Å². The molecule has 110 valence electrons. The van der Waals surface area contributed by atoms with Gasteiger partial charge in [-0.2, -0.15) is 0 Å². The van der Waals surface area contributed by atoms with Crippen molar-refractivity contribution in [3.63, 3.8) is 0 Å². The van der Waals surface area contributed by atoms with Gasteiger partial charge in [0.05, 0.1) is 0 Å². The van der Waals surface area contributed by atoms with E-state index in [0.717, 1.165) is 37.8 Å². The summed E-state index contributed by atoms with van der Waals surface area (Å²) in [6.07, 6.45) is 4.41. The lowest BCUT2D eigenvalue weighted by atomic mass is 9.91. The second-order valence-corrected chi connectivity index (χ2v) is 7.08. The maximum absolute atomic E-state index is 11.9. The smallest absolute Gasteiger partial charge is 0.410 e. The standard InChI is InChI=1S/C15H27NO3/c1-15(2,3)19-14(18)16-6-4-11(5-7-16)8-12-9-13(12)10-17/h11-13,17H,4-10H2,1-3H3/t12-,13-/m1/s1. The van der Waals surface area contributed by atoms with Crippen molar-refractivity contribution >= 4 is 6.09 Å². The lowest BCUT2D eigenvalue weighted by molar-refractivity contribution is 0.0179. The Morgan fingerprint density at radius 1 is 1.26 bits per heavy atom. The maximum Gasteiger partial charge on any atom is 0.410 e. The van der Waals surface area contributed by atoms with Crippen LogP contribution in [0.15, 0.2) is 0 Å². The second-order valence-electron chi connectivity index (χ2n) is 7.08. The highest BCUT2D eigenvalue weighted by atomic mass is 16.6. The van der Waals surface area contributed by atoms with E-state index in [9.17, 15) is 4.79 Å². The van der Waals surface area contributed by atoms with Crippen LogP contribution < -0.4 is 0 Å². The van der Waals surface area contributed by atoms with Crippen LogP contribution in [0.1, 0.15) is 46.5 Å². The first kappa shape index (κ1) is 14.6. The Bertz CT molecular complexity index is 316. The van der Waals surface area contributed by atoms with Gasteiger partial charge in [0.25, 0.3) is 0 Å². The van der Waals surface area contributed by atoms with Crippen molar-refractivity contribution in [1.82, 2.24) is 4.90 Å². The SMILES string of the molecule is CC(C)(C)OC(=O)N1CCC(C[C@@H]2C[C@@H]2CO)CC1. The molecule has 1 aliphatic heterocycles. The normalized spacial score (nSPS) is 28.3. The number of hydrogen-bond acceptors (Lipinski definition) is 3. The van der Waals surface area contributed by atoms with Crippen molar-refractivity contribution in [3.8, 4) is 0 Å². The van der Waals surface area contributed by atoms with E-state index < -0.39 is 5.60 Å². The van der Waals surface area contributed by atoms with E-state index in [1.807, 2.05) is 25.7 Å². The summed E-state index contributed by atoms with van der Waals surface area (Å²) >= 11 is 0. The minimum Gasteiger partial charge on any atom is -0.444 e. The van der Waals surface area contributed by atoms with Gasteiger partial charge in [-0.3, -0.25) is 0 Å². The molecule has 0 aromatic carbocycles. The van der Waals surface area contributed by atoms with Crippen LogP contribution in [0.5, 0.6) is 0 Å². The fourth-order valence-corrected chi connectivity index (χ4v) is 2.93. The highest BCUT2D eigenvalue weighted by Gasteiger charge is 2.38. The van der Waals surface area contributed by atoms with Gasteiger partial charge in [-0.05, 0) is 64.2 Å². The van der Waals surface area contributed by atoms with Crippen molar-refractivity contribution in [1.29, 1.82) is 0 Å². The molecule has 1 heterocycles. The van der Waals surface area contributed by atoms with Crippen LogP contribution in [0.4, 0.5) is 4.79 Å². The molecule has 2 atom stereocenters. The van der Waals surface area contributed by atoms with Gasteiger partial charge in [-0.1, -0.05) is 0 Å². The Morgan fingerprint density at radius 3 is 2.37 bits per heavy atom. The van der Waals surface area contributed by atoms with Crippen LogP contribution in [-0.4, -0.2) is 41.4 Å². The molecule has 0 aromatic heterocycles. The number of likely N-dealkylation sites (tertiary alicyclic amines) is 1. The predicted octanol–water partition coefficient (Wildman–Crippen LogP) is 2.65. The molecule has 1 saturated heterocycles. The molecular formula is C15H27NO3. The Morgan fingerprint density at radius 2 is 1.89 bits per heavy atom. The van der Waals surface area contributed by atoms with Crippen LogP contribution in [0.3, 0.4) is 0 Å². The number of aliphatic hydroxyl groups is 1. The second kappa shape index (κ2) is 5.70. The predicted molar refractivity (Wildman–Crippen MR) is 73.8 cm³/mol. The third-order valence-electron chi connectivity index (χ3n) is 4.21. The van der Waals surface area contributed by atoms with E-state index in [4.69, 9.17) is 9.84 Å². The van der Waals surface area contributed by atoms with E-state index in [-0.39, 0.29) is 6.09 Å². The Labute approximate surface area is 116 Å². The number of carbonyl (C=O) groups is 1. The zero-order valence-corrected chi connectivity index (χ0v) is 12.4. The number of nitrogens with zero attached hydrogens (tertiary/aromatic N) is 1. The third kappa shape index (κ3) is 4.37. The van der Waals surface area contributed by atoms with Gasteiger partial charge >= 0.3 is 6.09 Å². The quantitative estimate of drug-likeness (QED) is 0.857. The number of piperidine rings is 1. The van der Waals surface area contributed by atoms with Gasteiger partial charge in [0.1, 0.15) is 5.60 Å². The molecule has 2 fully saturated rings. The summed E-state index contributed by atoms with van der Waals surface area (Å²) in [5, 5.41) is 9.06. The van der Waals surface area contributed by atoms with Crippen LogP contribution in [0.25, 0.3) is 0 Å². The summed E-state index contributed by atoms with van der Waals surface area (Å²) in [6.45, 7) is 7.69. The highest BCUT2D eigenvalue weighted by molar-refractivity contribution is 5.68. The van der Waals surface area contributed by atoms with E-state index in [1.165, 1.54) is 12.8 Å². The molecule has 1 saturated carbocycles. The van der Waals surface area contributed by atoms with Crippen LogP contribution in [-0.2, 0) is 4.74 Å². The van der Waals surface area contributed by atoms with Gasteiger partial charge in [-0.15, -0.1) is 0 Å². The molecule has 19 heavy (non-hydrogen) atoms. The van der Waals surface area contributed by atoms with Crippen LogP contribution in [0.2, 0.25) is 0 Å². The van der Waals surface area contributed by atoms with Gasteiger partial charge in [0.2, 0.25) is 0 Å². The number of ether oxygens (including phenoxy) is 1. The average Bonchev–Trinajstić information content (AvgIpc) is 3.06. The lowest BCUT2D eigenvalue weighted by Gasteiger charge is -2.33. The van der Waals surface area contributed by atoms with Crippen molar-refractivity contribution < 1.29 is 14.6 Å². The van der Waals surface area contributed by atoms with Crippen molar-refractivity contribution in [2.24, 2.45) is 17.8 Å². The monoisotopic (exact) mass is 269 g/mol. The summed E-state index contributed by atoms with van der Waals surface area (Å²) in [5.74, 6) is 2.02. The maximum atomic E-state index is 11.9. The topological polar surface area (TPSA) is 49.8 Å². The van der Waals surface area contributed by atoms with E-state index in [2.05, 4.69) is 0 Å².